The smallest absolute Gasteiger partial charge is 0.407 e. The molecule has 2 rings (SSSR count). The number of piperazine rings is 1. The van der Waals surface area contributed by atoms with E-state index in [9.17, 15) is 4.79 Å². The van der Waals surface area contributed by atoms with Gasteiger partial charge in [-0.2, -0.15) is 0 Å². The van der Waals surface area contributed by atoms with E-state index >= 15 is 0 Å². The standard InChI is InChI=1S/C22H37N3O3/c1-22(2,3)28-21(26)23-13-9-5-6-10-14-24-15-17-25(18-16-24)19-11-7-8-12-20(19)27-4/h7-8,11-12H,5-6,9-10,13-18H2,1-4H3,(H,23,26). The molecule has 28 heavy (non-hydrogen) atoms. The van der Waals surface area contributed by atoms with Gasteiger partial charge in [0.15, 0.2) is 0 Å². The second-order valence-corrected chi connectivity index (χ2v) is 8.34. The van der Waals surface area contributed by atoms with Gasteiger partial charge in [0, 0.05) is 32.7 Å². The first-order valence-corrected chi connectivity index (χ1v) is 10.5. The summed E-state index contributed by atoms with van der Waals surface area (Å²) in [5.41, 5.74) is 0.766. The molecule has 6 nitrogen and oxygen atoms in total. The Bertz CT molecular complexity index is 593. The molecule has 1 amide bonds. The number of amides is 1. The van der Waals surface area contributed by atoms with E-state index in [-0.39, 0.29) is 6.09 Å². The Morgan fingerprint density at radius 2 is 1.71 bits per heavy atom. The molecule has 6 heteroatoms. The number of methoxy groups -OCH3 is 1. The summed E-state index contributed by atoms with van der Waals surface area (Å²) in [6.45, 7) is 11.7. The average Bonchev–Trinajstić information content (AvgIpc) is 2.66. The summed E-state index contributed by atoms with van der Waals surface area (Å²) in [4.78, 5) is 16.5. The van der Waals surface area contributed by atoms with Crippen LogP contribution in [0, 0.1) is 0 Å². The number of hydrogen-bond donors (Lipinski definition) is 1. The van der Waals surface area contributed by atoms with Crippen molar-refractivity contribution in [2.75, 3.05) is 51.3 Å². The van der Waals surface area contributed by atoms with Gasteiger partial charge in [0.2, 0.25) is 0 Å². The molecule has 0 unspecified atom stereocenters. The summed E-state index contributed by atoms with van der Waals surface area (Å²) in [6, 6.07) is 8.25. The van der Waals surface area contributed by atoms with Crippen molar-refractivity contribution in [1.29, 1.82) is 0 Å². The topological polar surface area (TPSA) is 54.0 Å². The maximum atomic E-state index is 11.6. The Hall–Kier alpha value is -1.95. The Morgan fingerprint density at radius 3 is 2.39 bits per heavy atom. The molecule has 0 saturated carbocycles. The Balaban J connectivity index is 1.53. The zero-order valence-corrected chi connectivity index (χ0v) is 18.0. The van der Waals surface area contributed by atoms with Crippen LogP contribution in [-0.4, -0.2) is 63.0 Å². The van der Waals surface area contributed by atoms with E-state index in [0.717, 1.165) is 51.3 Å². The summed E-state index contributed by atoms with van der Waals surface area (Å²) >= 11 is 0. The predicted molar refractivity (Wildman–Crippen MR) is 114 cm³/mol. The minimum atomic E-state index is -0.431. The summed E-state index contributed by atoms with van der Waals surface area (Å²) in [7, 11) is 1.73. The van der Waals surface area contributed by atoms with E-state index in [1.165, 1.54) is 18.5 Å². The second kappa shape index (κ2) is 11.1. The third-order valence-corrected chi connectivity index (χ3v) is 4.87. The van der Waals surface area contributed by atoms with Gasteiger partial charge in [-0.05, 0) is 52.3 Å². The third kappa shape index (κ3) is 7.97. The molecule has 1 fully saturated rings. The Kier molecular flexibility index (Phi) is 8.90. The zero-order chi connectivity index (χ0) is 20.4. The van der Waals surface area contributed by atoms with Crippen LogP contribution in [0.2, 0.25) is 0 Å². The maximum Gasteiger partial charge on any atom is 0.407 e. The highest BCUT2D eigenvalue weighted by atomic mass is 16.6. The first-order valence-electron chi connectivity index (χ1n) is 10.5. The van der Waals surface area contributed by atoms with E-state index in [4.69, 9.17) is 9.47 Å². The summed E-state index contributed by atoms with van der Waals surface area (Å²) in [5.74, 6) is 0.955. The predicted octanol–water partition coefficient (Wildman–Crippen LogP) is 3.90. The number of nitrogens with one attached hydrogen (secondary N) is 1. The van der Waals surface area contributed by atoms with Crippen molar-refractivity contribution in [2.24, 2.45) is 0 Å². The van der Waals surface area contributed by atoms with Crippen LogP contribution in [0.3, 0.4) is 0 Å². The van der Waals surface area contributed by atoms with Gasteiger partial charge in [-0.15, -0.1) is 0 Å². The molecule has 0 spiro atoms. The van der Waals surface area contributed by atoms with Crippen molar-refractivity contribution >= 4 is 11.8 Å². The molecule has 158 valence electrons. The van der Waals surface area contributed by atoms with Gasteiger partial charge in [-0.1, -0.05) is 25.0 Å². The van der Waals surface area contributed by atoms with Gasteiger partial charge >= 0.3 is 6.09 Å². The molecule has 1 aliphatic heterocycles. The molecule has 0 aromatic heterocycles. The zero-order valence-electron chi connectivity index (χ0n) is 18.0. The molecule has 1 heterocycles. The minimum absolute atomic E-state index is 0.319. The van der Waals surface area contributed by atoms with Crippen LogP contribution in [0.1, 0.15) is 46.5 Å². The van der Waals surface area contributed by atoms with Gasteiger partial charge in [0.1, 0.15) is 11.4 Å². The van der Waals surface area contributed by atoms with E-state index in [1.54, 1.807) is 7.11 Å². The van der Waals surface area contributed by atoms with Gasteiger partial charge < -0.3 is 19.7 Å². The van der Waals surface area contributed by atoms with Gasteiger partial charge in [0.05, 0.1) is 12.8 Å². The Labute approximate surface area is 170 Å². The average molecular weight is 392 g/mol. The van der Waals surface area contributed by atoms with E-state index in [0.29, 0.717) is 6.54 Å². The van der Waals surface area contributed by atoms with E-state index in [1.807, 2.05) is 32.9 Å². The van der Waals surface area contributed by atoms with Crippen molar-refractivity contribution in [3.8, 4) is 5.75 Å². The highest BCUT2D eigenvalue weighted by Crippen LogP contribution is 2.28. The molecule has 0 radical (unpaired) electrons. The van der Waals surface area contributed by atoms with Gasteiger partial charge in [0.25, 0.3) is 0 Å². The number of unbranched alkanes of at least 4 members (excludes halogenated alkanes) is 3. The van der Waals surface area contributed by atoms with Crippen molar-refractivity contribution in [2.45, 2.75) is 52.1 Å². The SMILES string of the molecule is COc1ccccc1N1CCN(CCCCCCNC(=O)OC(C)(C)C)CC1. The fourth-order valence-electron chi connectivity index (χ4n) is 3.42. The Morgan fingerprint density at radius 1 is 1.04 bits per heavy atom. The normalized spacial score (nSPS) is 15.4. The van der Waals surface area contributed by atoms with Crippen LogP contribution in [-0.2, 0) is 4.74 Å². The first-order chi connectivity index (χ1) is 13.4. The largest absolute Gasteiger partial charge is 0.495 e. The number of anilines is 1. The van der Waals surface area contributed by atoms with Crippen molar-refractivity contribution in [3.63, 3.8) is 0 Å². The lowest BCUT2D eigenvalue weighted by Gasteiger charge is -2.36. The lowest BCUT2D eigenvalue weighted by molar-refractivity contribution is 0.0527. The van der Waals surface area contributed by atoms with Crippen molar-refractivity contribution in [3.05, 3.63) is 24.3 Å². The molecule has 0 atom stereocenters. The second-order valence-electron chi connectivity index (χ2n) is 8.34. The molecular formula is C22H37N3O3. The molecule has 1 saturated heterocycles. The molecule has 1 aromatic rings. The number of nitrogens with zero attached hydrogens (tertiary/aromatic N) is 2. The third-order valence-electron chi connectivity index (χ3n) is 4.87. The fourth-order valence-corrected chi connectivity index (χ4v) is 3.42. The first kappa shape index (κ1) is 22.3. The van der Waals surface area contributed by atoms with Crippen LogP contribution in [0.4, 0.5) is 10.5 Å². The molecule has 0 aliphatic carbocycles. The molecule has 1 aliphatic rings. The lowest BCUT2D eigenvalue weighted by atomic mass is 10.1. The highest BCUT2D eigenvalue weighted by Gasteiger charge is 2.19. The summed E-state index contributed by atoms with van der Waals surface area (Å²) in [6.07, 6.45) is 4.22. The van der Waals surface area contributed by atoms with Crippen LogP contribution in [0.5, 0.6) is 5.75 Å². The summed E-state index contributed by atoms with van der Waals surface area (Å²) < 4.78 is 10.7. The fraction of sp³-hybridized carbons (Fsp3) is 0.682. The van der Waals surface area contributed by atoms with Crippen LogP contribution in [0.15, 0.2) is 24.3 Å². The summed E-state index contributed by atoms with van der Waals surface area (Å²) in [5, 5.41) is 2.82. The number of benzene rings is 1. The van der Waals surface area contributed by atoms with Crippen LogP contribution >= 0.6 is 0 Å². The highest BCUT2D eigenvalue weighted by molar-refractivity contribution is 5.67. The van der Waals surface area contributed by atoms with E-state index < -0.39 is 5.60 Å². The monoisotopic (exact) mass is 391 g/mol. The maximum absolute atomic E-state index is 11.6. The number of ether oxygens (including phenoxy) is 2. The molecule has 1 N–H and O–H groups in total. The van der Waals surface area contributed by atoms with E-state index in [2.05, 4.69) is 27.2 Å². The van der Waals surface area contributed by atoms with Crippen LogP contribution in [0.25, 0.3) is 0 Å². The number of alkyl carbamates (subject to hydrolysis) is 1. The number of carbonyl (C=O) groups excluding carboxylic acids is 1. The van der Waals surface area contributed by atoms with Crippen molar-refractivity contribution in [1.82, 2.24) is 10.2 Å². The lowest BCUT2D eigenvalue weighted by Crippen LogP contribution is -2.46. The molecular weight excluding hydrogens is 354 g/mol. The van der Waals surface area contributed by atoms with Gasteiger partial charge in [-0.3, -0.25) is 4.90 Å². The molecule has 0 bridgehead atoms. The number of hydrogen-bond acceptors (Lipinski definition) is 5. The number of para-hydroxylation sites is 2. The number of carbonyl (C=O) groups is 1. The van der Waals surface area contributed by atoms with Crippen LogP contribution < -0.4 is 15.0 Å². The number of rotatable bonds is 9. The van der Waals surface area contributed by atoms with Gasteiger partial charge in [-0.25, -0.2) is 4.79 Å². The van der Waals surface area contributed by atoms with Crippen molar-refractivity contribution < 1.29 is 14.3 Å². The minimum Gasteiger partial charge on any atom is -0.495 e. The molecule has 1 aromatic carbocycles. The quantitative estimate of drug-likeness (QED) is 0.647.